The smallest absolute Gasteiger partial charge is 0.265 e. The minimum atomic E-state index is -0.611. The average Bonchev–Trinajstić information content (AvgIpc) is 2.84. The Balaban J connectivity index is 2.35. The number of nitro groups is 1. The molecule has 82 valence electrons. The standard InChI is InChI=1S/C8H7N5O3/c1-11-7(2-3-9-11)8(14)12-5-6(4-10-12)13(15)16/h2-5H,1H3. The van der Waals surface area contributed by atoms with Gasteiger partial charge in [-0.3, -0.25) is 19.6 Å². The molecular weight excluding hydrogens is 214 g/mol. The van der Waals surface area contributed by atoms with Crippen LogP contribution in [0.5, 0.6) is 0 Å². The van der Waals surface area contributed by atoms with E-state index in [2.05, 4.69) is 10.2 Å². The Morgan fingerprint density at radius 3 is 2.75 bits per heavy atom. The molecule has 0 unspecified atom stereocenters. The molecule has 0 amide bonds. The first-order chi connectivity index (χ1) is 7.59. The molecule has 8 nitrogen and oxygen atoms in total. The number of nitrogens with zero attached hydrogens (tertiary/aromatic N) is 5. The Hall–Kier alpha value is -2.51. The molecule has 0 N–H and O–H groups in total. The summed E-state index contributed by atoms with van der Waals surface area (Å²) < 4.78 is 2.28. The summed E-state index contributed by atoms with van der Waals surface area (Å²) in [6, 6.07) is 1.51. The van der Waals surface area contributed by atoms with E-state index < -0.39 is 10.8 Å². The molecule has 2 aromatic heterocycles. The van der Waals surface area contributed by atoms with E-state index in [1.807, 2.05) is 0 Å². The molecule has 0 spiro atoms. The Labute approximate surface area is 89.2 Å². The van der Waals surface area contributed by atoms with Crippen molar-refractivity contribution in [1.29, 1.82) is 0 Å². The number of hydrogen-bond donors (Lipinski definition) is 0. The van der Waals surface area contributed by atoms with Crippen molar-refractivity contribution in [2.75, 3.05) is 0 Å². The van der Waals surface area contributed by atoms with Crippen LogP contribution in [0.1, 0.15) is 10.5 Å². The molecule has 0 saturated heterocycles. The summed E-state index contributed by atoms with van der Waals surface area (Å²) in [6.45, 7) is 0. The summed E-state index contributed by atoms with van der Waals surface area (Å²) in [7, 11) is 1.60. The first-order valence-electron chi connectivity index (χ1n) is 4.31. The molecule has 2 heterocycles. The van der Waals surface area contributed by atoms with Gasteiger partial charge in [-0.15, -0.1) is 0 Å². The van der Waals surface area contributed by atoms with E-state index in [-0.39, 0.29) is 5.69 Å². The molecule has 0 atom stereocenters. The molecule has 16 heavy (non-hydrogen) atoms. The second-order valence-corrected chi connectivity index (χ2v) is 3.05. The lowest BCUT2D eigenvalue weighted by atomic mass is 10.4. The zero-order chi connectivity index (χ0) is 11.7. The summed E-state index contributed by atoms with van der Waals surface area (Å²) in [5.74, 6) is -0.465. The van der Waals surface area contributed by atoms with E-state index in [4.69, 9.17) is 0 Å². The van der Waals surface area contributed by atoms with E-state index in [0.29, 0.717) is 5.69 Å². The maximum Gasteiger partial charge on any atom is 0.307 e. The Morgan fingerprint density at radius 2 is 2.25 bits per heavy atom. The van der Waals surface area contributed by atoms with Gasteiger partial charge in [-0.2, -0.15) is 14.9 Å². The summed E-state index contributed by atoms with van der Waals surface area (Å²) in [5, 5.41) is 17.9. The summed E-state index contributed by atoms with van der Waals surface area (Å²) in [4.78, 5) is 21.6. The van der Waals surface area contributed by atoms with Gasteiger partial charge in [-0.25, -0.2) is 0 Å². The largest absolute Gasteiger partial charge is 0.307 e. The van der Waals surface area contributed by atoms with Crippen LogP contribution in [0.2, 0.25) is 0 Å². The quantitative estimate of drug-likeness (QED) is 0.533. The molecule has 0 fully saturated rings. The zero-order valence-corrected chi connectivity index (χ0v) is 8.27. The lowest BCUT2D eigenvalue weighted by Crippen LogP contribution is -2.16. The second kappa shape index (κ2) is 3.57. The number of aryl methyl sites for hydroxylation is 1. The lowest BCUT2D eigenvalue weighted by Gasteiger charge is -1.99. The van der Waals surface area contributed by atoms with Crippen LogP contribution in [-0.4, -0.2) is 30.4 Å². The third-order valence-corrected chi connectivity index (χ3v) is 2.03. The SMILES string of the molecule is Cn1nccc1C(=O)n1cc([N+](=O)[O-])cn1. The van der Waals surface area contributed by atoms with Crippen molar-refractivity contribution in [3.8, 4) is 0 Å². The number of carbonyl (C=O) groups is 1. The number of rotatable bonds is 2. The highest BCUT2D eigenvalue weighted by atomic mass is 16.6. The van der Waals surface area contributed by atoms with Gasteiger partial charge in [-0.05, 0) is 6.07 Å². The molecule has 2 aromatic rings. The van der Waals surface area contributed by atoms with E-state index in [1.54, 1.807) is 7.05 Å². The van der Waals surface area contributed by atoms with Crippen LogP contribution in [-0.2, 0) is 7.05 Å². The molecule has 8 heteroatoms. The van der Waals surface area contributed by atoms with E-state index >= 15 is 0 Å². The molecule has 0 bridgehead atoms. The maximum absolute atomic E-state index is 11.8. The first-order valence-corrected chi connectivity index (χ1v) is 4.31. The second-order valence-electron chi connectivity index (χ2n) is 3.05. The van der Waals surface area contributed by atoms with E-state index in [1.165, 1.54) is 16.9 Å². The molecule has 0 aliphatic carbocycles. The minimum absolute atomic E-state index is 0.226. The Kier molecular flexibility index (Phi) is 2.24. The average molecular weight is 221 g/mol. The van der Waals surface area contributed by atoms with Crippen molar-refractivity contribution < 1.29 is 9.72 Å². The van der Waals surface area contributed by atoms with Crippen LogP contribution >= 0.6 is 0 Å². The van der Waals surface area contributed by atoms with Gasteiger partial charge < -0.3 is 0 Å². The van der Waals surface area contributed by atoms with Crippen molar-refractivity contribution >= 4 is 11.6 Å². The zero-order valence-electron chi connectivity index (χ0n) is 8.27. The third kappa shape index (κ3) is 1.56. The highest BCUT2D eigenvalue weighted by Gasteiger charge is 2.17. The predicted octanol–water partition coefficient (Wildman–Crippen LogP) is 0.213. The fraction of sp³-hybridized carbons (Fsp3) is 0.125. The van der Waals surface area contributed by atoms with Crippen molar-refractivity contribution in [1.82, 2.24) is 19.6 Å². The van der Waals surface area contributed by atoms with Gasteiger partial charge in [0.1, 0.15) is 18.1 Å². The number of carbonyl (C=O) groups excluding carboxylic acids is 1. The topological polar surface area (TPSA) is 95.8 Å². The first kappa shape index (κ1) is 10.0. The molecule has 0 radical (unpaired) electrons. The molecular formula is C8H7N5O3. The van der Waals surface area contributed by atoms with Crippen LogP contribution in [0.3, 0.4) is 0 Å². The van der Waals surface area contributed by atoms with Gasteiger partial charge in [-0.1, -0.05) is 0 Å². The Bertz CT molecular complexity index is 556. The highest BCUT2D eigenvalue weighted by Crippen LogP contribution is 2.09. The maximum atomic E-state index is 11.8. The predicted molar refractivity (Wildman–Crippen MR) is 51.8 cm³/mol. The van der Waals surface area contributed by atoms with Crippen molar-refractivity contribution in [2.24, 2.45) is 7.05 Å². The molecule has 0 aliphatic heterocycles. The highest BCUT2D eigenvalue weighted by molar-refractivity contribution is 5.93. The van der Waals surface area contributed by atoms with E-state index in [9.17, 15) is 14.9 Å². The molecule has 0 saturated carbocycles. The van der Waals surface area contributed by atoms with E-state index in [0.717, 1.165) is 17.1 Å². The summed E-state index contributed by atoms with van der Waals surface area (Å²) in [5.41, 5.74) is 0.0773. The van der Waals surface area contributed by atoms with Gasteiger partial charge in [0.25, 0.3) is 5.91 Å². The fourth-order valence-corrected chi connectivity index (χ4v) is 1.22. The third-order valence-electron chi connectivity index (χ3n) is 2.03. The van der Waals surface area contributed by atoms with Gasteiger partial charge in [0, 0.05) is 13.2 Å². The normalized spacial score (nSPS) is 10.3. The molecule has 0 aromatic carbocycles. The Morgan fingerprint density at radius 1 is 1.50 bits per heavy atom. The van der Waals surface area contributed by atoms with Crippen LogP contribution in [0, 0.1) is 10.1 Å². The van der Waals surface area contributed by atoms with Crippen LogP contribution in [0.25, 0.3) is 0 Å². The van der Waals surface area contributed by atoms with Crippen molar-refractivity contribution in [3.63, 3.8) is 0 Å². The van der Waals surface area contributed by atoms with Crippen LogP contribution < -0.4 is 0 Å². The minimum Gasteiger partial charge on any atom is -0.265 e. The van der Waals surface area contributed by atoms with Crippen molar-refractivity contribution in [3.05, 3.63) is 40.5 Å². The van der Waals surface area contributed by atoms with Crippen molar-refractivity contribution in [2.45, 2.75) is 0 Å². The van der Waals surface area contributed by atoms with Gasteiger partial charge in [0.05, 0.1) is 4.92 Å². The summed E-state index contributed by atoms with van der Waals surface area (Å²) in [6.07, 6.45) is 3.55. The van der Waals surface area contributed by atoms with Gasteiger partial charge in [0.2, 0.25) is 0 Å². The van der Waals surface area contributed by atoms with Crippen LogP contribution in [0.15, 0.2) is 24.7 Å². The van der Waals surface area contributed by atoms with Crippen LogP contribution in [0.4, 0.5) is 5.69 Å². The molecule has 0 aliphatic rings. The number of aromatic nitrogens is 4. The van der Waals surface area contributed by atoms with Gasteiger partial charge >= 0.3 is 5.69 Å². The number of hydrogen-bond acceptors (Lipinski definition) is 5. The van der Waals surface area contributed by atoms with Gasteiger partial charge in [0.15, 0.2) is 0 Å². The summed E-state index contributed by atoms with van der Waals surface area (Å²) >= 11 is 0. The monoisotopic (exact) mass is 221 g/mol. The lowest BCUT2D eigenvalue weighted by molar-refractivity contribution is -0.384. The fourth-order valence-electron chi connectivity index (χ4n) is 1.22. The molecule has 2 rings (SSSR count).